The summed E-state index contributed by atoms with van der Waals surface area (Å²) in [6, 6.07) is 18.7. The zero-order valence-electron chi connectivity index (χ0n) is 9.06. The van der Waals surface area contributed by atoms with E-state index in [1.54, 1.807) is 6.92 Å². The number of carbonyl (C=O) groups is 1. The van der Waals surface area contributed by atoms with Gasteiger partial charge < -0.3 is 0 Å². The van der Waals surface area contributed by atoms with E-state index in [4.69, 9.17) is 11.6 Å². The molecule has 2 heteroatoms. The fourth-order valence-electron chi connectivity index (χ4n) is 1.09. The third-order valence-electron chi connectivity index (χ3n) is 1.91. The van der Waals surface area contributed by atoms with Crippen LogP contribution in [0.1, 0.15) is 17.3 Å². The number of Topliss-reactive ketones (excluding diaryl/α,β-unsaturated/α-hetero) is 1. The lowest BCUT2D eigenvalue weighted by Gasteiger charge is -1.89. The van der Waals surface area contributed by atoms with Crippen LogP contribution in [-0.4, -0.2) is 5.78 Å². The molecule has 0 amide bonds. The fourth-order valence-corrected chi connectivity index (χ4v) is 1.23. The molecule has 0 aliphatic heterocycles. The lowest BCUT2D eigenvalue weighted by atomic mass is 10.2. The van der Waals surface area contributed by atoms with Gasteiger partial charge in [0, 0.05) is 10.6 Å². The first-order chi connectivity index (χ1) is 7.70. The van der Waals surface area contributed by atoms with E-state index in [0.717, 1.165) is 10.6 Å². The molecule has 0 radical (unpaired) electrons. The second kappa shape index (κ2) is 6.81. The highest BCUT2D eigenvalue weighted by atomic mass is 35.5. The summed E-state index contributed by atoms with van der Waals surface area (Å²) in [5, 5.41) is 0.794. The van der Waals surface area contributed by atoms with Gasteiger partial charge in [0.25, 0.3) is 0 Å². The molecular weight excluding hydrogens is 220 g/mol. The number of hydrogen-bond acceptors (Lipinski definition) is 1. The zero-order valence-corrected chi connectivity index (χ0v) is 9.82. The van der Waals surface area contributed by atoms with Gasteiger partial charge in [-0.3, -0.25) is 4.79 Å². The van der Waals surface area contributed by atoms with E-state index >= 15 is 0 Å². The Morgan fingerprint density at radius 3 is 1.56 bits per heavy atom. The molecule has 0 bridgehead atoms. The quantitative estimate of drug-likeness (QED) is 0.673. The van der Waals surface area contributed by atoms with E-state index in [2.05, 4.69) is 0 Å². The van der Waals surface area contributed by atoms with Crippen LogP contribution in [0.2, 0.25) is 5.02 Å². The number of halogens is 1. The van der Waals surface area contributed by atoms with Gasteiger partial charge in [-0.05, 0) is 19.1 Å². The fraction of sp³-hybridized carbons (Fsp3) is 0.0714. The van der Waals surface area contributed by atoms with Crippen molar-refractivity contribution in [2.24, 2.45) is 0 Å². The first kappa shape index (κ1) is 12.5. The van der Waals surface area contributed by atoms with Crippen LogP contribution in [0.25, 0.3) is 0 Å². The smallest absolute Gasteiger partial charge is 0.159 e. The molecule has 2 rings (SSSR count). The molecule has 0 aliphatic carbocycles. The Kier molecular flexibility index (Phi) is 5.30. The highest BCUT2D eigenvalue weighted by Gasteiger charge is 1.92. The van der Waals surface area contributed by atoms with Gasteiger partial charge in [-0.2, -0.15) is 0 Å². The summed E-state index contributed by atoms with van der Waals surface area (Å²) in [4.78, 5) is 10.6. The number of benzene rings is 2. The summed E-state index contributed by atoms with van der Waals surface area (Å²) in [5.41, 5.74) is 0.775. The Morgan fingerprint density at radius 2 is 1.31 bits per heavy atom. The Balaban J connectivity index is 0.000000165. The number of ketones is 1. The van der Waals surface area contributed by atoms with Crippen LogP contribution < -0.4 is 0 Å². The van der Waals surface area contributed by atoms with Crippen LogP contribution in [0, 0.1) is 0 Å². The molecule has 0 aliphatic rings. The van der Waals surface area contributed by atoms with E-state index in [1.807, 2.05) is 60.7 Å². The molecule has 0 fully saturated rings. The summed E-state index contributed by atoms with van der Waals surface area (Å²) < 4.78 is 0. The average molecular weight is 233 g/mol. The minimum Gasteiger partial charge on any atom is -0.295 e. The largest absolute Gasteiger partial charge is 0.295 e. The second-order valence-corrected chi connectivity index (χ2v) is 3.65. The molecule has 2 aromatic rings. The van der Waals surface area contributed by atoms with Crippen molar-refractivity contribution in [1.29, 1.82) is 0 Å². The average Bonchev–Trinajstić information content (AvgIpc) is 2.32. The standard InChI is InChI=1S/C8H8O.C6H5Cl/c1-7(9)8-5-3-2-4-6-8;7-6-4-2-1-3-5-6/h2-6H,1H3;1-5H. The Hall–Kier alpha value is -1.60. The molecule has 0 saturated carbocycles. The molecular formula is C14H13ClO. The maximum Gasteiger partial charge on any atom is 0.159 e. The van der Waals surface area contributed by atoms with Crippen LogP contribution in [0.5, 0.6) is 0 Å². The summed E-state index contributed by atoms with van der Waals surface area (Å²) in [6.45, 7) is 1.56. The van der Waals surface area contributed by atoms with Gasteiger partial charge >= 0.3 is 0 Å². The van der Waals surface area contributed by atoms with Crippen LogP contribution in [0.3, 0.4) is 0 Å². The van der Waals surface area contributed by atoms with Crippen LogP contribution >= 0.6 is 11.6 Å². The number of rotatable bonds is 1. The third-order valence-corrected chi connectivity index (χ3v) is 2.17. The number of carbonyl (C=O) groups excluding carboxylic acids is 1. The number of hydrogen-bond donors (Lipinski definition) is 0. The van der Waals surface area contributed by atoms with E-state index in [0.29, 0.717) is 0 Å². The molecule has 0 unspecified atom stereocenters. The SMILES string of the molecule is CC(=O)c1ccccc1.Clc1ccccc1. The minimum atomic E-state index is 0.121. The molecule has 82 valence electrons. The van der Waals surface area contributed by atoms with E-state index in [-0.39, 0.29) is 5.78 Å². The highest BCUT2D eigenvalue weighted by Crippen LogP contribution is 2.03. The van der Waals surface area contributed by atoms with Crippen molar-refractivity contribution < 1.29 is 4.79 Å². The predicted molar refractivity (Wildman–Crippen MR) is 67.9 cm³/mol. The lowest BCUT2D eigenvalue weighted by molar-refractivity contribution is 0.101. The van der Waals surface area contributed by atoms with Gasteiger partial charge in [0.1, 0.15) is 0 Å². The van der Waals surface area contributed by atoms with Crippen molar-refractivity contribution in [2.45, 2.75) is 6.92 Å². The van der Waals surface area contributed by atoms with Crippen molar-refractivity contribution in [2.75, 3.05) is 0 Å². The van der Waals surface area contributed by atoms with Crippen LogP contribution in [0.15, 0.2) is 60.7 Å². The molecule has 0 heterocycles. The Labute approximate surface area is 101 Å². The lowest BCUT2D eigenvalue weighted by Crippen LogP contribution is -1.88. The second-order valence-electron chi connectivity index (χ2n) is 3.22. The molecule has 2 aromatic carbocycles. The van der Waals surface area contributed by atoms with Gasteiger partial charge in [0.2, 0.25) is 0 Å². The van der Waals surface area contributed by atoms with Crippen molar-refractivity contribution >= 4 is 17.4 Å². The Bertz CT molecular complexity index is 423. The van der Waals surface area contributed by atoms with E-state index in [1.165, 1.54) is 0 Å². The minimum absolute atomic E-state index is 0.121. The monoisotopic (exact) mass is 232 g/mol. The van der Waals surface area contributed by atoms with Gasteiger partial charge in [-0.15, -0.1) is 0 Å². The molecule has 16 heavy (non-hydrogen) atoms. The highest BCUT2D eigenvalue weighted by molar-refractivity contribution is 6.30. The maximum absolute atomic E-state index is 10.6. The summed E-state index contributed by atoms with van der Waals surface area (Å²) >= 11 is 5.54. The van der Waals surface area contributed by atoms with Gasteiger partial charge in [-0.1, -0.05) is 60.1 Å². The van der Waals surface area contributed by atoms with E-state index < -0.39 is 0 Å². The van der Waals surface area contributed by atoms with Gasteiger partial charge in [0.15, 0.2) is 5.78 Å². The molecule has 0 aromatic heterocycles. The molecule has 0 spiro atoms. The van der Waals surface area contributed by atoms with E-state index in [9.17, 15) is 4.79 Å². The topological polar surface area (TPSA) is 17.1 Å². The molecule has 1 nitrogen and oxygen atoms in total. The van der Waals surface area contributed by atoms with Gasteiger partial charge in [0.05, 0.1) is 0 Å². The van der Waals surface area contributed by atoms with Crippen LogP contribution in [-0.2, 0) is 0 Å². The normalized spacial score (nSPS) is 8.88. The van der Waals surface area contributed by atoms with Crippen molar-refractivity contribution in [1.82, 2.24) is 0 Å². The Morgan fingerprint density at radius 1 is 0.875 bits per heavy atom. The maximum atomic E-state index is 10.6. The zero-order chi connectivity index (χ0) is 11.8. The molecule has 0 atom stereocenters. The first-order valence-electron chi connectivity index (χ1n) is 4.96. The predicted octanol–water partition coefficient (Wildman–Crippen LogP) is 4.23. The van der Waals surface area contributed by atoms with Crippen molar-refractivity contribution in [3.8, 4) is 0 Å². The third kappa shape index (κ3) is 4.76. The van der Waals surface area contributed by atoms with Crippen molar-refractivity contribution in [3.05, 3.63) is 71.2 Å². The van der Waals surface area contributed by atoms with Crippen LogP contribution in [0.4, 0.5) is 0 Å². The van der Waals surface area contributed by atoms with Gasteiger partial charge in [-0.25, -0.2) is 0 Å². The van der Waals surface area contributed by atoms with Crippen molar-refractivity contribution in [3.63, 3.8) is 0 Å². The summed E-state index contributed by atoms with van der Waals surface area (Å²) in [5.74, 6) is 0.121. The molecule has 0 N–H and O–H groups in total. The summed E-state index contributed by atoms with van der Waals surface area (Å²) in [7, 11) is 0. The summed E-state index contributed by atoms with van der Waals surface area (Å²) in [6.07, 6.45) is 0. The first-order valence-corrected chi connectivity index (χ1v) is 5.34. The molecule has 0 saturated heterocycles.